The van der Waals surface area contributed by atoms with Crippen molar-refractivity contribution in [3.05, 3.63) is 42.2 Å². The summed E-state index contributed by atoms with van der Waals surface area (Å²) in [6.45, 7) is 4.13. The molecule has 0 radical (unpaired) electrons. The third kappa shape index (κ3) is 1.80. The summed E-state index contributed by atoms with van der Waals surface area (Å²) < 4.78 is 0. The molecule has 1 aromatic rings. The smallest absolute Gasteiger partial charge is 0.0474 e. The number of nitrogens with zero attached hydrogens (tertiary/aromatic N) is 1. The molecule has 0 saturated heterocycles. The predicted octanol–water partition coefficient (Wildman–Crippen LogP) is 3.30. The van der Waals surface area contributed by atoms with Crippen LogP contribution in [0.15, 0.2) is 36.5 Å². The molecule has 2 rings (SSSR count). The summed E-state index contributed by atoms with van der Waals surface area (Å²) >= 11 is 0. The van der Waals surface area contributed by atoms with Crippen LogP contribution in [0.3, 0.4) is 0 Å². The Labute approximate surface area is 79.5 Å². The molecule has 1 aliphatic carbocycles. The standard InChI is InChI=1S/C12H15N/c1-10-6-2-3-7-11(10)12-8-4-5-9-13-12/h4-5,8-9,11H,1-3,6-7H2. The van der Waals surface area contributed by atoms with Crippen LogP contribution in [-0.2, 0) is 0 Å². The molecular formula is C12H15N. The monoisotopic (exact) mass is 173 g/mol. The molecule has 1 nitrogen and oxygen atoms in total. The van der Waals surface area contributed by atoms with Gasteiger partial charge < -0.3 is 0 Å². The minimum Gasteiger partial charge on any atom is -0.261 e. The van der Waals surface area contributed by atoms with Gasteiger partial charge in [-0.05, 0) is 31.4 Å². The number of allylic oxidation sites excluding steroid dienone is 1. The molecule has 68 valence electrons. The topological polar surface area (TPSA) is 12.9 Å². The van der Waals surface area contributed by atoms with Crippen LogP contribution in [0.4, 0.5) is 0 Å². The second-order valence-corrected chi connectivity index (χ2v) is 3.71. The average molecular weight is 173 g/mol. The zero-order chi connectivity index (χ0) is 9.10. The fraction of sp³-hybridized carbons (Fsp3) is 0.417. The van der Waals surface area contributed by atoms with Gasteiger partial charge in [0, 0.05) is 17.8 Å². The van der Waals surface area contributed by atoms with Crippen LogP contribution >= 0.6 is 0 Å². The molecule has 1 aromatic heterocycles. The molecule has 1 saturated carbocycles. The maximum absolute atomic E-state index is 4.39. The molecule has 0 N–H and O–H groups in total. The Morgan fingerprint density at radius 2 is 2.23 bits per heavy atom. The first-order chi connectivity index (χ1) is 6.38. The lowest BCUT2D eigenvalue weighted by Crippen LogP contribution is -2.08. The summed E-state index contributed by atoms with van der Waals surface area (Å²) in [5, 5.41) is 0. The van der Waals surface area contributed by atoms with Gasteiger partial charge in [-0.25, -0.2) is 0 Å². The second kappa shape index (κ2) is 3.73. The minimum absolute atomic E-state index is 0.523. The highest BCUT2D eigenvalue weighted by Gasteiger charge is 2.19. The largest absolute Gasteiger partial charge is 0.261 e. The summed E-state index contributed by atoms with van der Waals surface area (Å²) in [6, 6.07) is 6.14. The van der Waals surface area contributed by atoms with Crippen molar-refractivity contribution in [3.63, 3.8) is 0 Å². The first kappa shape index (κ1) is 8.49. The Kier molecular flexibility index (Phi) is 2.44. The van der Waals surface area contributed by atoms with Gasteiger partial charge in [0.05, 0.1) is 0 Å². The fourth-order valence-electron chi connectivity index (χ4n) is 2.02. The van der Waals surface area contributed by atoms with Crippen molar-refractivity contribution in [3.8, 4) is 0 Å². The van der Waals surface area contributed by atoms with E-state index in [1.54, 1.807) is 0 Å². The SMILES string of the molecule is C=C1CCCCC1c1ccccn1. The highest BCUT2D eigenvalue weighted by molar-refractivity contribution is 5.22. The van der Waals surface area contributed by atoms with Gasteiger partial charge in [-0.1, -0.05) is 24.6 Å². The third-order valence-electron chi connectivity index (χ3n) is 2.78. The number of aromatic nitrogens is 1. The Morgan fingerprint density at radius 1 is 1.31 bits per heavy atom. The summed E-state index contributed by atoms with van der Waals surface area (Å²) in [6.07, 6.45) is 6.91. The lowest BCUT2D eigenvalue weighted by Gasteiger charge is -2.23. The van der Waals surface area contributed by atoms with E-state index in [2.05, 4.69) is 23.7 Å². The first-order valence-electron chi connectivity index (χ1n) is 4.96. The van der Waals surface area contributed by atoms with E-state index in [0.29, 0.717) is 5.92 Å². The van der Waals surface area contributed by atoms with Crippen LogP contribution in [-0.4, -0.2) is 4.98 Å². The lowest BCUT2D eigenvalue weighted by molar-refractivity contribution is 0.534. The minimum atomic E-state index is 0.523. The Morgan fingerprint density at radius 3 is 2.92 bits per heavy atom. The Balaban J connectivity index is 2.20. The highest BCUT2D eigenvalue weighted by atomic mass is 14.7. The normalized spacial score (nSPS) is 23.1. The van der Waals surface area contributed by atoms with Crippen molar-refractivity contribution in [2.24, 2.45) is 0 Å². The molecule has 1 atom stereocenters. The third-order valence-corrected chi connectivity index (χ3v) is 2.78. The van der Waals surface area contributed by atoms with E-state index in [-0.39, 0.29) is 0 Å². The average Bonchev–Trinajstić information content (AvgIpc) is 2.20. The van der Waals surface area contributed by atoms with E-state index in [0.717, 1.165) is 0 Å². The van der Waals surface area contributed by atoms with Crippen molar-refractivity contribution in [2.45, 2.75) is 31.6 Å². The summed E-state index contributed by atoms with van der Waals surface area (Å²) in [7, 11) is 0. The molecule has 13 heavy (non-hydrogen) atoms. The van der Waals surface area contributed by atoms with Crippen LogP contribution in [0, 0.1) is 0 Å². The highest BCUT2D eigenvalue weighted by Crippen LogP contribution is 2.34. The van der Waals surface area contributed by atoms with Gasteiger partial charge in [-0.2, -0.15) is 0 Å². The number of pyridine rings is 1. The molecule has 1 heteroatoms. The Bertz CT molecular complexity index is 289. The molecule has 0 aromatic carbocycles. The molecule has 0 spiro atoms. The van der Waals surface area contributed by atoms with Gasteiger partial charge in [0.1, 0.15) is 0 Å². The van der Waals surface area contributed by atoms with Crippen LogP contribution in [0.5, 0.6) is 0 Å². The van der Waals surface area contributed by atoms with Crippen molar-refractivity contribution in [1.29, 1.82) is 0 Å². The van der Waals surface area contributed by atoms with Gasteiger partial charge in [0.15, 0.2) is 0 Å². The molecule has 1 fully saturated rings. The van der Waals surface area contributed by atoms with Crippen molar-refractivity contribution < 1.29 is 0 Å². The van der Waals surface area contributed by atoms with Gasteiger partial charge in [-0.15, -0.1) is 0 Å². The first-order valence-corrected chi connectivity index (χ1v) is 4.96. The molecule has 1 aliphatic rings. The van der Waals surface area contributed by atoms with E-state index in [1.807, 2.05) is 12.3 Å². The molecular weight excluding hydrogens is 158 g/mol. The summed E-state index contributed by atoms with van der Waals surface area (Å²) in [4.78, 5) is 4.39. The molecule has 0 bridgehead atoms. The van der Waals surface area contributed by atoms with Gasteiger partial charge in [0.2, 0.25) is 0 Å². The van der Waals surface area contributed by atoms with E-state index in [9.17, 15) is 0 Å². The quantitative estimate of drug-likeness (QED) is 0.594. The number of rotatable bonds is 1. The van der Waals surface area contributed by atoms with Gasteiger partial charge in [0.25, 0.3) is 0 Å². The van der Waals surface area contributed by atoms with Crippen LogP contribution < -0.4 is 0 Å². The van der Waals surface area contributed by atoms with E-state index in [1.165, 1.54) is 37.0 Å². The predicted molar refractivity (Wildman–Crippen MR) is 54.6 cm³/mol. The van der Waals surface area contributed by atoms with E-state index < -0.39 is 0 Å². The van der Waals surface area contributed by atoms with Crippen LogP contribution in [0.25, 0.3) is 0 Å². The van der Waals surface area contributed by atoms with Crippen LogP contribution in [0.2, 0.25) is 0 Å². The maximum atomic E-state index is 4.39. The zero-order valence-corrected chi connectivity index (χ0v) is 7.87. The van der Waals surface area contributed by atoms with Crippen LogP contribution in [0.1, 0.15) is 37.3 Å². The van der Waals surface area contributed by atoms with Crippen molar-refractivity contribution in [1.82, 2.24) is 4.98 Å². The number of hydrogen-bond acceptors (Lipinski definition) is 1. The van der Waals surface area contributed by atoms with E-state index >= 15 is 0 Å². The summed E-state index contributed by atoms with van der Waals surface area (Å²) in [5.74, 6) is 0.523. The zero-order valence-electron chi connectivity index (χ0n) is 7.87. The molecule has 0 amide bonds. The molecule has 0 aliphatic heterocycles. The lowest BCUT2D eigenvalue weighted by atomic mass is 9.83. The van der Waals surface area contributed by atoms with Gasteiger partial charge in [-0.3, -0.25) is 4.98 Å². The molecule has 1 unspecified atom stereocenters. The van der Waals surface area contributed by atoms with E-state index in [4.69, 9.17) is 0 Å². The van der Waals surface area contributed by atoms with Crippen molar-refractivity contribution in [2.75, 3.05) is 0 Å². The fourth-order valence-corrected chi connectivity index (χ4v) is 2.02. The van der Waals surface area contributed by atoms with Crippen molar-refractivity contribution >= 4 is 0 Å². The summed E-state index contributed by atoms with van der Waals surface area (Å²) in [5.41, 5.74) is 2.57. The molecule has 1 heterocycles. The number of hydrogen-bond donors (Lipinski definition) is 0. The van der Waals surface area contributed by atoms with Gasteiger partial charge >= 0.3 is 0 Å². The second-order valence-electron chi connectivity index (χ2n) is 3.71. The Hall–Kier alpha value is -1.11. The maximum Gasteiger partial charge on any atom is 0.0474 e.